The average Bonchev–Trinajstić information content (AvgIpc) is 3.42. The number of carbonyl (C=O) groups is 1. The van der Waals surface area contributed by atoms with Gasteiger partial charge in [0.05, 0.1) is 11.4 Å². The number of ether oxygens (including phenoxy) is 1. The third kappa shape index (κ3) is 6.04. The molecule has 2 heterocycles. The number of thiazole rings is 1. The van der Waals surface area contributed by atoms with Crippen molar-refractivity contribution in [3.8, 4) is 17.0 Å². The predicted octanol–water partition coefficient (Wildman–Crippen LogP) is 6.39. The minimum atomic E-state index is -0.324. The number of halogens is 1. The van der Waals surface area contributed by atoms with Gasteiger partial charge in [-0.3, -0.25) is 4.79 Å². The van der Waals surface area contributed by atoms with Crippen LogP contribution in [0.5, 0.6) is 5.75 Å². The molecule has 0 aliphatic carbocycles. The smallest absolute Gasteiger partial charge is 0.236 e. The molecule has 0 saturated heterocycles. The molecule has 4 aromatic rings. The molecule has 1 N–H and O–H groups in total. The fourth-order valence-electron chi connectivity index (χ4n) is 3.44. The number of benzene rings is 2. The number of hydrogen-bond donors (Lipinski definition) is 1. The number of amides is 1. The molecule has 0 aliphatic rings. The summed E-state index contributed by atoms with van der Waals surface area (Å²) >= 11 is 8.75. The average molecular weight is 528 g/mol. The first-order valence-corrected chi connectivity index (χ1v) is 13.2. The van der Waals surface area contributed by atoms with Gasteiger partial charge in [0.2, 0.25) is 5.91 Å². The van der Waals surface area contributed by atoms with Crippen molar-refractivity contribution in [1.29, 1.82) is 0 Å². The number of nitrogens with one attached hydrogen (secondary N) is 1. The summed E-state index contributed by atoms with van der Waals surface area (Å²) < 4.78 is 7.90. The molecule has 0 bridgehead atoms. The van der Waals surface area contributed by atoms with Gasteiger partial charge in [0.15, 0.2) is 22.2 Å². The lowest BCUT2D eigenvalue weighted by molar-refractivity contribution is -0.113. The van der Waals surface area contributed by atoms with E-state index < -0.39 is 0 Å². The summed E-state index contributed by atoms with van der Waals surface area (Å²) in [7, 11) is 1.86. The highest BCUT2D eigenvalue weighted by Gasteiger charge is 2.19. The lowest BCUT2D eigenvalue weighted by Gasteiger charge is -2.16. The Kier molecular flexibility index (Phi) is 7.78. The highest BCUT2D eigenvalue weighted by atomic mass is 35.5. The topological polar surface area (TPSA) is 81.9 Å². The highest BCUT2D eigenvalue weighted by molar-refractivity contribution is 7.99. The number of anilines is 1. The van der Waals surface area contributed by atoms with Gasteiger partial charge in [-0.15, -0.1) is 21.5 Å². The van der Waals surface area contributed by atoms with Crippen molar-refractivity contribution in [2.75, 3.05) is 11.1 Å². The molecule has 4 rings (SSSR count). The van der Waals surface area contributed by atoms with Crippen LogP contribution in [0.4, 0.5) is 5.13 Å². The van der Waals surface area contributed by atoms with E-state index in [4.69, 9.17) is 16.3 Å². The fraction of sp³-hybridized carbons (Fsp3) is 0.280. The van der Waals surface area contributed by atoms with Crippen molar-refractivity contribution in [2.24, 2.45) is 7.05 Å². The third-order valence-electron chi connectivity index (χ3n) is 5.56. The van der Waals surface area contributed by atoms with Gasteiger partial charge < -0.3 is 14.6 Å². The number of aromatic nitrogens is 4. The SMILES string of the molecule is Cc1ccc(-c2csc(NC(=O)CSc3nnc(C(C)Oc4ccc(Cl)cc4C)n3C)n2)cc1C. The molecular formula is C25H26ClN5O2S2. The van der Waals surface area contributed by atoms with E-state index in [0.29, 0.717) is 21.1 Å². The van der Waals surface area contributed by atoms with Crippen LogP contribution < -0.4 is 10.1 Å². The zero-order valence-electron chi connectivity index (χ0n) is 20.1. The minimum absolute atomic E-state index is 0.151. The van der Waals surface area contributed by atoms with Crippen LogP contribution in [0.15, 0.2) is 46.9 Å². The van der Waals surface area contributed by atoms with Gasteiger partial charge in [-0.2, -0.15) is 0 Å². The zero-order valence-corrected chi connectivity index (χ0v) is 22.5. The normalized spacial score (nSPS) is 11.9. The number of thioether (sulfide) groups is 1. The summed E-state index contributed by atoms with van der Waals surface area (Å²) in [5.41, 5.74) is 5.28. The zero-order chi connectivity index (χ0) is 25.1. The van der Waals surface area contributed by atoms with Gasteiger partial charge in [-0.25, -0.2) is 4.98 Å². The standard InChI is InChI=1S/C25H26ClN5O2S2/c1-14-6-7-18(10-15(14)2)20-12-34-24(27-20)28-22(32)13-35-25-30-29-23(31(25)5)17(4)33-21-9-8-19(26)11-16(21)3/h6-12,17H,13H2,1-5H3,(H,27,28,32). The Morgan fingerprint density at radius 1 is 1.14 bits per heavy atom. The van der Waals surface area contributed by atoms with Crippen LogP contribution in [0.25, 0.3) is 11.3 Å². The summed E-state index contributed by atoms with van der Waals surface area (Å²) in [4.78, 5) is 17.1. The maximum Gasteiger partial charge on any atom is 0.236 e. The van der Waals surface area contributed by atoms with E-state index in [0.717, 1.165) is 22.6 Å². The molecule has 1 atom stereocenters. The van der Waals surface area contributed by atoms with E-state index >= 15 is 0 Å². The second-order valence-electron chi connectivity index (χ2n) is 8.24. The van der Waals surface area contributed by atoms with Gasteiger partial charge in [0, 0.05) is 23.0 Å². The summed E-state index contributed by atoms with van der Waals surface area (Å²) in [6.07, 6.45) is -0.324. The van der Waals surface area contributed by atoms with E-state index in [1.807, 2.05) is 49.0 Å². The number of nitrogens with zero attached hydrogens (tertiary/aromatic N) is 4. The fourth-order valence-corrected chi connectivity index (χ4v) is 5.12. The van der Waals surface area contributed by atoms with Crippen LogP contribution in [0.3, 0.4) is 0 Å². The number of carbonyl (C=O) groups excluding carboxylic acids is 1. The monoisotopic (exact) mass is 527 g/mol. The van der Waals surface area contributed by atoms with E-state index in [-0.39, 0.29) is 17.8 Å². The second kappa shape index (κ2) is 10.8. The maximum atomic E-state index is 12.5. The first-order chi connectivity index (χ1) is 16.7. The molecule has 0 fully saturated rings. The Morgan fingerprint density at radius 3 is 2.69 bits per heavy atom. The highest BCUT2D eigenvalue weighted by Crippen LogP contribution is 2.29. The molecule has 0 saturated carbocycles. The Hall–Kier alpha value is -2.88. The third-order valence-corrected chi connectivity index (χ3v) is 7.57. The van der Waals surface area contributed by atoms with Crippen LogP contribution in [0.2, 0.25) is 5.02 Å². The van der Waals surface area contributed by atoms with Crippen LogP contribution >= 0.6 is 34.7 Å². The van der Waals surface area contributed by atoms with E-state index in [9.17, 15) is 4.79 Å². The first-order valence-electron chi connectivity index (χ1n) is 11.0. The van der Waals surface area contributed by atoms with Crippen LogP contribution in [0.1, 0.15) is 35.5 Å². The molecule has 182 valence electrons. The Morgan fingerprint density at radius 2 is 1.94 bits per heavy atom. The van der Waals surface area contributed by atoms with Crippen LogP contribution in [-0.2, 0) is 11.8 Å². The summed E-state index contributed by atoms with van der Waals surface area (Å²) in [6, 6.07) is 11.7. The number of rotatable bonds is 8. The Labute approximate surface area is 217 Å². The van der Waals surface area contributed by atoms with E-state index in [2.05, 4.69) is 46.5 Å². The molecule has 0 spiro atoms. The molecule has 35 heavy (non-hydrogen) atoms. The van der Waals surface area contributed by atoms with Gasteiger partial charge in [-0.1, -0.05) is 35.5 Å². The van der Waals surface area contributed by atoms with Gasteiger partial charge in [-0.05, 0) is 68.7 Å². The summed E-state index contributed by atoms with van der Waals surface area (Å²) in [5.74, 6) is 1.44. The predicted molar refractivity (Wildman–Crippen MR) is 143 cm³/mol. The largest absolute Gasteiger partial charge is 0.482 e. The maximum absolute atomic E-state index is 12.5. The number of hydrogen-bond acceptors (Lipinski definition) is 7. The van der Waals surface area contributed by atoms with Crippen molar-refractivity contribution in [3.05, 3.63) is 69.3 Å². The van der Waals surface area contributed by atoms with Crippen molar-refractivity contribution in [3.63, 3.8) is 0 Å². The Balaban J connectivity index is 1.34. The van der Waals surface area contributed by atoms with Crippen LogP contribution in [-0.4, -0.2) is 31.4 Å². The molecule has 10 heteroatoms. The minimum Gasteiger partial charge on any atom is -0.482 e. The van der Waals surface area contributed by atoms with Crippen molar-refractivity contribution in [1.82, 2.24) is 19.7 Å². The van der Waals surface area contributed by atoms with Crippen molar-refractivity contribution < 1.29 is 9.53 Å². The van der Waals surface area contributed by atoms with Gasteiger partial charge in [0.1, 0.15) is 5.75 Å². The molecule has 0 aliphatic heterocycles. The van der Waals surface area contributed by atoms with Gasteiger partial charge >= 0.3 is 0 Å². The van der Waals surface area contributed by atoms with E-state index in [1.165, 1.54) is 34.2 Å². The van der Waals surface area contributed by atoms with Crippen molar-refractivity contribution >= 4 is 45.7 Å². The quantitative estimate of drug-likeness (QED) is 0.267. The van der Waals surface area contributed by atoms with Crippen LogP contribution in [0, 0.1) is 20.8 Å². The summed E-state index contributed by atoms with van der Waals surface area (Å²) in [6.45, 7) is 8.01. The molecule has 0 radical (unpaired) electrons. The molecule has 2 aromatic carbocycles. The number of aryl methyl sites for hydroxylation is 3. The molecule has 2 aromatic heterocycles. The van der Waals surface area contributed by atoms with E-state index in [1.54, 1.807) is 6.07 Å². The van der Waals surface area contributed by atoms with Crippen molar-refractivity contribution in [2.45, 2.75) is 39.0 Å². The first kappa shape index (κ1) is 25.2. The molecule has 1 amide bonds. The second-order valence-corrected chi connectivity index (χ2v) is 10.5. The van der Waals surface area contributed by atoms with Gasteiger partial charge in [0.25, 0.3) is 0 Å². The summed E-state index contributed by atoms with van der Waals surface area (Å²) in [5, 5.41) is 15.2. The molecule has 1 unspecified atom stereocenters. The molecular weight excluding hydrogens is 502 g/mol. The lowest BCUT2D eigenvalue weighted by atomic mass is 10.1. The molecule has 7 nitrogen and oxygen atoms in total. The lowest BCUT2D eigenvalue weighted by Crippen LogP contribution is -2.14. The Bertz CT molecular complexity index is 1370.